The van der Waals surface area contributed by atoms with Gasteiger partial charge in [-0.25, -0.2) is 12.8 Å². The zero-order valence-corrected chi connectivity index (χ0v) is 13.2. The third-order valence-corrected chi connectivity index (χ3v) is 3.85. The van der Waals surface area contributed by atoms with Crippen LogP contribution in [-0.4, -0.2) is 25.7 Å². The van der Waals surface area contributed by atoms with Gasteiger partial charge in [-0.05, 0) is 44.0 Å². The number of hydrogen-bond acceptors (Lipinski definition) is 5. The Hall–Kier alpha value is -1.47. The van der Waals surface area contributed by atoms with Crippen molar-refractivity contribution in [3.05, 3.63) is 35.1 Å². The number of nitrogens with two attached hydrogens (primary N) is 1. The minimum absolute atomic E-state index is 0.108. The van der Waals surface area contributed by atoms with E-state index in [1.807, 2.05) is 0 Å². The first-order valence-electron chi connectivity index (χ1n) is 6.41. The summed E-state index contributed by atoms with van der Waals surface area (Å²) in [6.45, 7) is 5.06. The second-order valence-corrected chi connectivity index (χ2v) is 7.86. The average molecular weight is 317 g/mol. The Bertz CT molecular complexity index is 620. The highest BCUT2D eigenvalue weighted by atomic mass is 32.2. The van der Waals surface area contributed by atoms with E-state index < -0.39 is 38.7 Å². The standard InChI is InChI=1S/C14H20FNO4S/c1-14(2,3)20-13(17)9-21(18,19)8-11-4-10(7-16)5-12(15)6-11/h4-6H,7-9,16H2,1-3H3. The molecule has 0 aliphatic heterocycles. The maximum Gasteiger partial charge on any atom is 0.321 e. The maximum atomic E-state index is 13.3. The summed E-state index contributed by atoms with van der Waals surface area (Å²) in [5.74, 6) is -2.55. The Labute approximate surface area is 124 Å². The van der Waals surface area contributed by atoms with Gasteiger partial charge in [0.15, 0.2) is 9.84 Å². The van der Waals surface area contributed by atoms with Crippen molar-refractivity contribution >= 4 is 15.8 Å². The monoisotopic (exact) mass is 317 g/mol. The number of carbonyl (C=O) groups is 1. The van der Waals surface area contributed by atoms with Gasteiger partial charge in [0, 0.05) is 6.54 Å². The molecule has 7 heteroatoms. The molecule has 0 aliphatic carbocycles. The van der Waals surface area contributed by atoms with E-state index in [1.54, 1.807) is 20.8 Å². The molecular weight excluding hydrogens is 297 g/mol. The SMILES string of the molecule is CC(C)(C)OC(=O)CS(=O)(=O)Cc1cc(F)cc(CN)c1. The number of halogens is 1. The van der Waals surface area contributed by atoms with E-state index in [-0.39, 0.29) is 12.1 Å². The molecule has 1 rings (SSSR count). The van der Waals surface area contributed by atoms with Gasteiger partial charge in [0.1, 0.15) is 17.2 Å². The fourth-order valence-corrected chi connectivity index (χ4v) is 2.97. The Morgan fingerprint density at radius 1 is 1.24 bits per heavy atom. The van der Waals surface area contributed by atoms with Crippen LogP contribution in [0.3, 0.4) is 0 Å². The highest BCUT2D eigenvalue weighted by Gasteiger charge is 2.23. The van der Waals surface area contributed by atoms with E-state index in [1.165, 1.54) is 12.1 Å². The zero-order chi connectivity index (χ0) is 16.3. The van der Waals surface area contributed by atoms with E-state index in [0.29, 0.717) is 5.56 Å². The van der Waals surface area contributed by atoms with Crippen molar-refractivity contribution in [2.24, 2.45) is 5.73 Å². The Balaban J connectivity index is 2.81. The summed E-state index contributed by atoms with van der Waals surface area (Å²) >= 11 is 0. The van der Waals surface area contributed by atoms with Crippen molar-refractivity contribution in [1.82, 2.24) is 0 Å². The highest BCUT2D eigenvalue weighted by Crippen LogP contribution is 2.14. The first-order chi connectivity index (χ1) is 9.50. The molecule has 0 aliphatic rings. The molecule has 0 amide bonds. The number of esters is 1. The normalized spacial score (nSPS) is 12.2. The summed E-state index contributed by atoms with van der Waals surface area (Å²) in [6.07, 6.45) is 0. The van der Waals surface area contributed by atoms with Crippen LogP contribution in [-0.2, 0) is 31.7 Å². The minimum atomic E-state index is -3.73. The smallest absolute Gasteiger partial charge is 0.321 e. The van der Waals surface area contributed by atoms with Gasteiger partial charge < -0.3 is 10.5 Å². The summed E-state index contributed by atoms with van der Waals surface area (Å²) in [6, 6.07) is 3.87. The van der Waals surface area contributed by atoms with Crippen LogP contribution in [0.25, 0.3) is 0 Å². The van der Waals surface area contributed by atoms with E-state index in [4.69, 9.17) is 10.5 Å². The molecule has 0 atom stereocenters. The number of ether oxygens (including phenoxy) is 1. The lowest BCUT2D eigenvalue weighted by molar-refractivity contribution is -0.151. The zero-order valence-electron chi connectivity index (χ0n) is 12.3. The Morgan fingerprint density at radius 3 is 2.33 bits per heavy atom. The molecule has 1 aromatic rings. The number of carbonyl (C=O) groups excluding carboxylic acids is 1. The van der Waals surface area contributed by atoms with Gasteiger partial charge in [-0.2, -0.15) is 0 Å². The van der Waals surface area contributed by atoms with Crippen molar-refractivity contribution in [1.29, 1.82) is 0 Å². The van der Waals surface area contributed by atoms with Crippen molar-refractivity contribution in [2.75, 3.05) is 5.75 Å². The van der Waals surface area contributed by atoms with Crippen LogP contribution < -0.4 is 5.73 Å². The Morgan fingerprint density at radius 2 is 1.81 bits per heavy atom. The first-order valence-corrected chi connectivity index (χ1v) is 8.23. The van der Waals surface area contributed by atoms with Crippen LogP contribution in [0, 0.1) is 5.82 Å². The van der Waals surface area contributed by atoms with E-state index >= 15 is 0 Å². The average Bonchev–Trinajstić information content (AvgIpc) is 2.23. The molecule has 0 saturated heterocycles. The molecule has 118 valence electrons. The van der Waals surface area contributed by atoms with Crippen molar-refractivity contribution < 1.29 is 22.3 Å². The van der Waals surface area contributed by atoms with E-state index in [0.717, 1.165) is 6.07 Å². The van der Waals surface area contributed by atoms with Gasteiger partial charge in [-0.1, -0.05) is 6.07 Å². The van der Waals surface area contributed by atoms with Crippen LogP contribution in [0.2, 0.25) is 0 Å². The predicted molar refractivity (Wildman–Crippen MR) is 77.6 cm³/mol. The van der Waals surface area contributed by atoms with Gasteiger partial charge in [0.05, 0.1) is 5.75 Å². The molecule has 0 radical (unpaired) electrons. The van der Waals surface area contributed by atoms with Gasteiger partial charge in [-0.15, -0.1) is 0 Å². The van der Waals surface area contributed by atoms with Gasteiger partial charge in [-0.3, -0.25) is 4.79 Å². The summed E-state index contributed by atoms with van der Waals surface area (Å²) in [5, 5.41) is 0. The molecular formula is C14H20FNO4S. The van der Waals surface area contributed by atoms with Crippen LogP contribution in [0.4, 0.5) is 4.39 Å². The molecule has 2 N–H and O–H groups in total. The molecule has 0 aromatic heterocycles. The summed E-state index contributed by atoms with van der Waals surface area (Å²) in [7, 11) is -3.73. The fraction of sp³-hybridized carbons (Fsp3) is 0.500. The Kier molecular flexibility index (Phi) is 5.47. The van der Waals surface area contributed by atoms with E-state index in [9.17, 15) is 17.6 Å². The van der Waals surface area contributed by atoms with Gasteiger partial charge >= 0.3 is 5.97 Å². The lowest BCUT2D eigenvalue weighted by Crippen LogP contribution is -2.29. The molecule has 21 heavy (non-hydrogen) atoms. The van der Waals surface area contributed by atoms with Crippen molar-refractivity contribution in [3.8, 4) is 0 Å². The first kappa shape index (κ1) is 17.6. The second-order valence-electron chi connectivity index (χ2n) is 5.79. The lowest BCUT2D eigenvalue weighted by atomic mass is 10.1. The quantitative estimate of drug-likeness (QED) is 0.833. The highest BCUT2D eigenvalue weighted by molar-refractivity contribution is 7.91. The van der Waals surface area contributed by atoms with Crippen LogP contribution in [0.15, 0.2) is 18.2 Å². The third kappa shape index (κ3) is 6.68. The molecule has 0 saturated carbocycles. The molecule has 1 aromatic carbocycles. The largest absolute Gasteiger partial charge is 0.459 e. The second kappa shape index (κ2) is 6.53. The number of hydrogen-bond donors (Lipinski definition) is 1. The fourth-order valence-electron chi connectivity index (χ4n) is 1.77. The molecule has 0 unspecified atom stereocenters. The molecule has 0 heterocycles. The van der Waals surface area contributed by atoms with Gasteiger partial charge in [0.25, 0.3) is 0 Å². The van der Waals surface area contributed by atoms with Crippen LogP contribution in [0.1, 0.15) is 31.9 Å². The molecule has 0 spiro atoms. The maximum absolute atomic E-state index is 13.3. The lowest BCUT2D eigenvalue weighted by Gasteiger charge is -2.19. The van der Waals surface area contributed by atoms with E-state index in [2.05, 4.69) is 0 Å². The third-order valence-electron chi connectivity index (χ3n) is 2.40. The topological polar surface area (TPSA) is 86.5 Å². The number of rotatable bonds is 5. The summed E-state index contributed by atoms with van der Waals surface area (Å²) in [5.41, 5.74) is 5.42. The van der Waals surface area contributed by atoms with Crippen LogP contribution in [0.5, 0.6) is 0 Å². The molecule has 0 bridgehead atoms. The summed E-state index contributed by atoms with van der Waals surface area (Å²) < 4.78 is 42.2. The number of benzene rings is 1. The predicted octanol–water partition coefficient (Wildman–Crippen LogP) is 1.54. The number of sulfone groups is 1. The van der Waals surface area contributed by atoms with Gasteiger partial charge in [0.2, 0.25) is 0 Å². The summed E-state index contributed by atoms with van der Waals surface area (Å²) in [4.78, 5) is 11.6. The molecule has 0 fully saturated rings. The van der Waals surface area contributed by atoms with Crippen molar-refractivity contribution in [3.63, 3.8) is 0 Å². The molecule has 5 nitrogen and oxygen atoms in total. The minimum Gasteiger partial charge on any atom is -0.459 e. The van der Waals surface area contributed by atoms with Crippen molar-refractivity contribution in [2.45, 2.75) is 38.7 Å². The van der Waals surface area contributed by atoms with Crippen LogP contribution >= 0.6 is 0 Å².